The summed E-state index contributed by atoms with van der Waals surface area (Å²) in [7, 11) is -4.25. The molecule has 0 aromatic heterocycles. The maximum Gasteiger partial charge on any atom is 0.408 e. The van der Waals surface area contributed by atoms with Crippen molar-refractivity contribution >= 4 is 22.2 Å². The first kappa shape index (κ1) is 38.2. The number of carboxylic acid groups (broad SMARTS) is 1. The number of benzene rings is 2. The molecule has 2 fully saturated rings. The van der Waals surface area contributed by atoms with Crippen molar-refractivity contribution in [3.8, 4) is 23.8 Å². The lowest BCUT2D eigenvalue weighted by molar-refractivity contribution is -0.0906. The molecule has 3 N–H and O–H groups in total. The minimum Gasteiger partial charge on any atom is -0.465 e. The van der Waals surface area contributed by atoms with E-state index in [0.29, 0.717) is 44.6 Å². The fourth-order valence-corrected chi connectivity index (χ4v) is 8.59. The van der Waals surface area contributed by atoms with Crippen LogP contribution in [0.5, 0.6) is 11.5 Å². The van der Waals surface area contributed by atoms with Crippen LogP contribution in [0.3, 0.4) is 0 Å². The number of hydrogen-bond donors (Lipinski definition) is 3. The van der Waals surface area contributed by atoms with Gasteiger partial charge in [0.25, 0.3) is 0 Å². The minimum absolute atomic E-state index is 0.00861. The Labute approximate surface area is 299 Å². The summed E-state index contributed by atoms with van der Waals surface area (Å²) in [6, 6.07) is 12.0. The Kier molecular flexibility index (Phi) is 12.7. The highest BCUT2D eigenvalue weighted by Gasteiger charge is 2.49. The first-order chi connectivity index (χ1) is 24.4. The van der Waals surface area contributed by atoms with Crippen LogP contribution in [-0.4, -0.2) is 111 Å². The van der Waals surface area contributed by atoms with Crippen molar-refractivity contribution in [2.45, 2.75) is 75.3 Å². The first-order valence-corrected chi connectivity index (χ1v) is 18.5. The van der Waals surface area contributed by atoms with Crippen molar-refractivity contribution < 1.29 is 51.9 Å². The molecule has 5 rings (SSSR count). The number of amides is 2. The summed E-state index contributed by atoms with van der Waals surface area (Å²) in [5.74, 6) is 2.73. The predicted octanol–water partition coefficient (Wildman–Crippen LogP) is 3.68. The number of nitrogens with one attached hydrogen (secondary N) is 1. The second-order valence-electron chi connectivity index (χ2n) is 13.7. The lowest BCUT2D eigenvalue weighted by atomic mass is 9.87. The lowest BCUT2D eigenvalue weighted by Crippen LogP contribution is -2.58. The Balaban J connectivity index is 1.40. The molecule has 3 heterocycles. The number of carbonyl (C=O) groups excluding carboxylic acids is 1. The second kappa shape index (κ2) is 17.0. The van der Waals surface area contributed by atoms with E-state index in [1.54, 1.807) is 0 Å². The normalized spacial score (nSPS) is 20.7. The van der Waals surface area contributed by atoms with Crippen molar-refractivity contribution in [3.05, 3.63) is 54.1 Å². The fourth-order valence-electron chi connectivity index (χ4n) is 6.93. The average molecular weight is 730 g/mol. The van der Waals surface area contributed by atoms with Gasteiger partial charge >= 0.3 is 12.2 Å². The molecule has 2 aromatic carbocycles. The van der Waals surface area contributed by atoms with Gasteiger partial charge in [0.2, 0.25) is 16.8 Å². The number of alkyl carbamates (subject to hydrolysis) is 1. The van der Waals surface area contributed by atoms with Crippen LogP contribution in [0, 0.1) is 23.7 Å². The van der Waals surface area contributed by atoms with Gasteiger partial charge in [0.15, 0.2) is 24.4 Å². The van der Waals surface area contributed by atoms with Gasteiger partial charge in [-0.1, -0.05) is 56.5 Å². The maximum absolute atomic E-state index is 14.5. The molecule has 0 bridgehead atoms. The molecule has 3 aliphatic heterocycles. The van der Waals surface area contributed by atoms with E-state index in [1.165, 1.54) is 27.4 Å². The average Bonchev–Trinajstić information content (AvgIpc) is 3.85. The molecule has 3 aliphatic rings. The van der Waals surface area contributed by atoms with Gasteiger partial charge in [-0.25, -0.2) is 18.0 Å². The van der Waals surface area contributed by atoms with Gasteiger partial charge in [0.05, 0.1) is 36.3 Å². The molecule has 15 heteroatoms. The zero-order valence-electron chi connectivity index (χ0n) is 28.9. The fraction of sp³-hybridized carbons (Fsp3) is 0.556. The largest absolute Gasteiger partial charge is 0.465 e. The third-order valence-corrected chi connectivity index (χ3v) is 11.3. The summed E-state index contributed by atoms with van der Waals surface area (Å²) >= 11 is 0. The highest BCUT2D eigenvalue weighted by atomic mass is 32.2. The molecular formula is C36H47N3O11S. The van der Waals surface area contributed by atoms with Gasteiger partial charge in [0, 0.05) is 31.6 Å². The number of terminal acetylenes is 1. The molecule has 2 amide bonds. The molecule has 0 radical (unpaired) electrons. The molecule has 5 atom stereocenters. The van der Waals surface area contributed by atoms with Crippen LogP contribution in [0.25, 0.3) is 0 Å². The Hall–Kier alpha value is -4.07. The molecule has 2 aromatic rings. The standard InChI is InChI=1S/C36H47N3O11S/c1-4-17-47-34(41)37-16-9-8-15-36(2,3)23-38(51(44,45)26-12-13-31-32(20-26)50-24-49-31)21-30(40)28(19-25-10-6-5-7-11-25)39(35(42)43)29-22-48-33-27(29)14-18-46-33/h1,5-7,10-13,20,27-30,33,40H,8-9,14-19,21-24H2,2-3H3,(H,37,41)(H,42,43)/t27-,28-,29-,30+,33+/m0/s1. The van der Waals surface area contributed by atoms with Crippen LogP contribution in [-0.2, 0) is 30.7 Å². The summed E-state index contributed by atoms with van der Waals surface area (Å²) in [5, 5.41) is 25.4. The summed E-state index contributed by atoms with van der Waals surface area (Å²) in [6.07, 6.45) is 3.90. The van der Waals surface area contributed by atoms with E-state index in [1.807, 2.05) is 44.2 Å². The van der Waals surface area contributed by atoms with Gasteiger partial charge in [-0.15, -0.1) is 6.42 Å². The van der Waals surface area contributed by atoms with E-state index < -0.39 is 52.1 Å². The third kappa shape index (κ3) is 9.63. The number of sulfonamides is 1. The molecule has 2 saturated heterocycles. The van der Waals surface area contributed by atoms with E-state index in [-0.39, 0.29) is 56.1 Å². The van der Waals surface area contributed by atoms with Crippen molar-refractivity contribution in [2.24, 2.45) is 11.3 Å². The van der Waals surface area contributed by atoms with Crippen LogP contribution >= 0.6 is 0 Å². The molecule has 0 aliphatic carbocycles. The van der Waals surface area contributed by atoms with E-state index in [4.69, 9.17) is 30.1 Å². The molecular weight excluding hydrogens is 682 g/mol. The molecule has 0 saturated carbocycles. The number of aliphatic hydroxyl groups is 1. The van der Waals surface area contributed by atoms with Gasteiger partial charge in [-0.3, -0.25) is 4.90 Å². The zero-order chi connectivity index (χ0) is 36.6. The van der Waals surface area contributed by atoms with Crippen LogP contribution in [0.4, 0.5) is 9.59 Å². The SMILES string of the molecule is C#CCOC(=O)NCCCCC(C)(C)CN(C[C@@H](O)[C@H](Cc1ccccc1)N(C(=O)O)[C@H]1CO[C@H]2OCC[C@H]21)S(=O)(=O)c1ccc2c(c1)OCO2. The Morgan fingerprint density at radius 2 is 1.88 bits per heavy atom. The number of hydrogen-bond acceptors (Lipinski definition) is 10. The highest BCUT2D eigenvalue weighted by Crippen LogP contribution is 2.38. The van der Waals surface area contributed by atoms with E-state index in [2.05, 4.69) is 11.2 Å². The number of fused-ring (bicyclic) bond motifs is 2. The number of rotatable bonds is 17. The number of unbranched alkanes of at least 4 members (excludes halogenated alkanes) is 1. The van der Waals surface area contributed by atoms with Gasteiger partial charge in [0.1, 0.15) is 0 Å². The quantitative estimate of drug-likeness (QED) is 0.160. The Morgan fingerprint density at radius 3 is 2.63 bits per heavy atom. The van der Waals surface area contributed by atoms with Gasteiger partial charge in [-0.2, -0.15) is 4.31 Å². The molecule has 51 heavy (non-hydrogen) atoms. The summed E-state index contributed by atoms with van der Waals surface area (Å²) < 4.78 is 57.3. The molecule has 0 unspecified atom stereocenters. The number of ether oxygens (including phenoxy) is 5. The topological polar surface area (TPSA) is 173 Å². The van der Waals surface area contributed by atoms with E-state index in [9.17, 15) is 28.2 Å². The second-order valence-corrected chi connectivity index (χ2v) is 15.7. The molecule has 14 nitrogen and oxygen atoms in total. The first-order valence-electron chi connectivity index (χ1n) is 17.1. The van der Waals surface area contributed by atoms with E-state index >= 15 is 0 Å². The molecule has 278 valence electrons. The van der Waals surface area contributed by atoms with Crippen molar-refractivity contribution in [1.82, 2.24) is 14.5 Å². The van der Waals surface area contributed by atoms with Crippen LogP contribution < -0.4 is 14.8 Å². The van der Waals surface area contributed by atoms with Gasteiger partial charge < -0.3 is 39.2 Å². The van der Waals surface area contributed by atoms with Crippen LogP contribution in [0.15, 0.2) is 53.4 Å². The monoisotopic (exact) mass is 729 g/mol. The zero-order valence-corrected chi connectivity index (χ0v) is 29.8. The van der Waals surface area contributed by atoms with Gasteiger partial charge in [-0.05, 0) is 48.8 Å². The molecule has 0 spiro atoms. The predicted molar refractivity (Wildman–Crippen MR) is 185 cm³/mol. The summed E-state index contributed by atoms with van der Waals surface area (Å²) in [4.78, 5) is 26.0. The Bertz CT molecular complexity index is 1650. The summed E-state index contributed by atoms with van der Waals surface area (Å²) in [5.41, 5.74) is 0.190. The Morgan fingerprint density at radius 1 is 1.12 bits per heavy atom. The van der Waals surface area contributed by atoms with Crippen molar-refractivity contribution in [2.75, 3.05) is 46.2 Å². The number of aliphatic hydroxyl groups excluding tert-OH is 1. The minimum atomic E-state index is -4.25. The van der Waals surface area contributed by atoms with E-state index in [0.717, 1.165) is 5.56 Å². The third-order valence-electron chi connectivity index (χ3n) is 9.49. The maximum atomic E-state index is 14.5. The van der Waals surface area contributed by atoms with Crippen molar-refractivity contribution in [3.63, 3.8) is 0 Å². The number of nitrogens with zero attached hydrogens (tertiary/aromatic N) is 2. The summed E-state index contributed by atoms with van der Waals surface area (Å²) in [6.45, 7) is 4.20. The van der Waals surface area contributed by atoms with Crippen LogP contribution in [0.1, 0.15) is 45.1 Å². The smallest absolute Gasteiger partial charge is 0.408 e. The highest BCUT2D eigenvalue weighted by molar-refractivity contribution is 7.89. The number of carbonyl (C=O) groups is 2. The van der Waals surface area contributed by atoms with Crippen LogP contribution in [0.2, 0.25) is 0 Å². The lowest BCUT2D eigenvalue weighted by Gasteiger charge is -2.40. The van der Waals surface area contributed by atoms with Crippen molar-refractivity contribution in [1.29, 1.82) is 0 Å².